The minimum Gasteiger partial charge on any atom is -0.370 e. The van der Waals surface area contributed by atoms with E-state index in [0.29, 0.717) is 18.4 Å². The largest absolute Gasteiger partial charge is 0.370 e. The van der Waals surface area contributed by atoms with Gasteiger partial charge in [0.1, 0.15) is 0 Å². The maximum Gasteiger partial charge on any atom is 0.188 e. The Morgan fingerprint density at radius 3 is 2.64 bits per heavy atom. The van der Waals surface area contributed by atoms with E-state index in [4.69, 9.17) is 5.73 Å². The van der Waals surface area contributed by atoms with Crippen molar-refractivity contribution in [2.24, 2.45) is 16.6 Å². The first kappa shape index (κ1) is 18.5. The van der Waals surface area contributed by atoms with E-state index in [2.05, 4.69) is 41.4 Å². The van der Waals surface area contributed by atoms with Crippen LogP contribution in [0.3, 0.4) is 0 Å². The van der Waals surface area contributed by atoms with E-state index in [1.807, 2.05) is 29.1 Å². The van der Waals surface area contributed by atoms with Crippen molar-refractivity contribution in [1.29, 1.82) is 0 Å². The SMILES string of the molecule is CC(C)CNC(N)=NCc1ccccc1Cn1cccn1.I. The van der Waals surface area contributed by atoms with Crippen LogP contribution in [0.1, 0.15) is 25.0 Å². The molecule has 2 rings (SSSR count). The van der Waals surface area contributed by atoms with Crippen molar-refractivity contribution < 1.29 is 0 Å². The molecule has 1 heterocycles. The molecule has 0 atom stereocenters. The molecule has 1 aromatic carbocycles. The molecular formula is C16H24IN5. The standard InChI is InChI=1S/C16H23N5.HI/c1-13(2)10-18-16(17)19-11-14-6-3-4-7-15(14)12-21-9-5-8-20-21;/h3-9,13H,10-12H2,1-2H3,(H3,17,18,19);1H. The first-order valence-corrected chi connectivity index (χ1v) is 7.23. The zero-order chi connectivity index (χ0) is 15.1. The summed E-state index contributed by atoms with van der Waals surface area (Å²) in [7, 11) is 0. The quantitative estimate of drug-likeness (QED) is 0.435. The summed E-state index contributed by atoms with van der Waals surface area (Å²) in [4.78, 5) is 4.41. The van der Waals surface area contributed by atoms with Gasteiger partial charge in [-0.1, -0.05) is 38.1 Å². The van der Waals surface area contributed by atoms with Gasteiger partial charge in [0.2, 0.25) is 0 Å². The summed E-state index contributed by atoms with van der Waals surface area (Å²) < 4.78 is 1.91. The number of hydrogen-bond acceptors (Lipinski definition) is 2. The van der Waals surface area contributed by atoms with Gasteiger partial charge in [0.15, 0.2) is 5.96 Å². The van der Waals surface area contributed by atoms with E-state index in [1.54, 1.807) is 6.20 Å². The van der Waals surface area contributed by atoms with Gasteiger partial charge in [0.05, 0.1) is 13.1 Å². The minimum atomic E-state index is 0. The van der Waals surface area contributed by atoms with E-state index in [-0.39, 0.29) is 24.0 Å². The second kappa shape index (κ2) is 9.45. The van der Waals surface area contributed by atoms with E-state index < -0.39 is 0 Å². The predicted octanol–water partition coefficient (Wildman–Crippen LogP) is 2.61. The number of aliphatic imine (C=N–C) groups is 1. The number of rotatable bonds is 6. The molecule has 6 heteroatoms. The Bertz CT molecular complexity index is 578. The van der Waals surface area contributed by atoms with Gasteiger partial charge in [0.25, 0.3) is 0 Å². The van der Waals surface area contributed by atoms with Crippen LogP contribution in [-0.2, 0) is 13.1 Å². The van der Waals surface area contributed by atoms with Crippen molar-refractivity contribution in [3.05, 3.63) is 53.9 Å². The highest BCUT2D eigenvalue weighted by molar-refractivity contribution is 14.0. The second-order valence-electron chi connectivity index (χ2n) is 5.45. The lowest BCUT2D eigenvalue weighted by Gasteiger charge is -2.10. The molecule has 0 aliphatic heterocycles. The van der Waals surface area contributed by atoms with Crippen molar-refractivity contribution in [1.82, 2.24) is 15.1 Å². The number of nitrogens with zero attached hydrogens (tertiary/aromatic N) is 3. The summed E-state index contributed by atoms with van der Waals surface area (Å²) in [5.74, 6) is 1.04. The van der Waals surface area contributed by atoms with Crippen LogP contribution in [0.4, 0.5) is 0 Å². The fourth-order valence-corrected chi connectivity index (χ4v) is 1.97. The molecule has 0 saturated carbocycles. The third-order valence-electron chi connectivity index (χ3n) is 3.12. The molecule has 5 nitrogen and oxygen atoms in total. The number of halogens is 1. The van der Waals surface area contributed by atoms with Crippen molar-refractivity contribution in [2.45, 2.75) is 26.9 Å². The third-order valence-corrected chi connectivity index (χ3v) is 3.12. The van der Waals surface area contributed by atoms with Crippen LogP contribution < -0.4 is 11.1 Å². The van der Waals surface area contributed by atoms with Crippen LogP contribution in [0.5, 0.6) is 0 Å². The molecule has 3 N–H and O–H groups in total. The monoisotopic (exact) mass is 413 g/mol. The number of nitrogens with one attached hydrogen (secondary N) is 1. The van der Waals surface area contributed by atoms with Gasteiger partial charge in [-0.25, -0.2) is 4.99 Å². The number of benzene rings is 1. The van der Waals surface area contributed by atoms with Crippen molar-refractivity contribution >= 4 is 29.9 Å². The topological polar surface area (TPSA) is 68.2 Å². The van der Waals surface area contributed by atoms with Crippen LogP contribution in [0.15, 0.2) is 47.7 Å². The second-order valence-corrected chi connectivity index (χ2v) is 5.45. The first-order chi connectivity index (χ1) is 10.1. The lowest BCUT2D eigenvalue weighted by Crippen LogP contribution is -2.34. The molecule has 0 bridgehead atoms. The molecular weight excluding hydrogens is 389 g/mol. The minimum absolute atomic E-state index is 0. The lowest BCUT2D eigenvalue weighted by molar-refractivity contribution is 0.621. The van der Waals surface area contributed by atoms with Crippen molar-refractivity contribution in [2.75, 3.05) is 6.54 Å². The van der Waals surface area contributed by atoms with E-state index in [1.165, 1.54) is 11.1 Å². The van der Waals surface area contributed by atoms with Gasteiger partial charge in [0, 0.05) is 18.9 Å². The molecule has 22 heavy (non-hydrogen) atoms. The molecule has 1 aromatic heterocycles. The van der Waals surface area contributed by atoms with Crippen molar-refractivity contribution in [3.63, 3.8) is 0 Å². The number of guanidine groups is 1. The summed E-state index contributed by atoms with van der Waals surface area (Å²) in [6, 6.07) is 10.2. The van der Waals surface area contributed by atoms with Crippen LogP contribution >= 0.6 is 24.0 Å². The highest BCUT2D eigenvalue weighted by Crippen LogP contribution is 2.11. The summed E-state index contributed by atoms with van der Waals surface area (Å²) in [5, 5.41) is 7.37. The lowest BCUT2D eigenvalue weighted by atomic mass is 10.1. The van der Waals surface area contributed by atoms with Gasteiger partial charge in [-0.15, -0.1) is 24.0 Å². The Kier molecular flexibility index (Phi) is 7.94. The summed E-state index contributed by atoms with van der Waals surface area (Å²) >= 11 is 0. The van der Waals surface area contributed by atoms with Crippen LogP contribution in [-0.4, -0.2) is 22.3 Å². The summed E-state index contributed by atoms with van der Waals surface area (Å²) in [6.07, 6.45) is 3.74. The van der Waals surface area contributed by atoms with Crippen molar-refractivity contribution in [3.8, 4) is 0 Å². The fourth-order valence-electron chi connectivity index (χ4n) is 1.97. The zero-order valence-electron chi connectivity index (χ0n) is 13.1. The van der Waals surface area contributed by atoms with Gasteiger partial charge < -0.3 is 11.1 Å². The molecule has 0 aliphatic carbocycles. The summed E-state index contributed by atoms with van der Waals surface area (Å²) in [6.45, 7) is 6.44. The molecule has 2 aromatic rings. The van der Waals surface area contributed by atoms with E-state index in [0.717, 1.165) is 13.1 Å². The third kappa shape index (κ3) is 6.05. The van der Waals surface area contributed by atoms with E-state index in [9.17, 15) is 0 Å². The zero-order valence-corrected chi connectivity index (χ0v) is 15.4. The molecule has 0 radical (unpaired) electrons. The van der Waals surface area contributed by atoms with Gasteiger partial charge in [-0.2, -0.15) is 5.10 Å². The molecule has 0 amide bonds. The average molecular weight is 413 g/mol. The molecule has 0 spiro atoms. The van der Waals surface area contributed by atoms with Crippen LogP contribution in [0, 0.1) is 5.92 Å². The maximum atomic E-state index is 5.88. The Morgan fingerprint density at radius 1 is 1.27 bits per heavy atom. The fraction of sp³-hybridized carbons (Fsp3) is 0.375. The smallest absolute Gasteiger partial charge is 0.188 e. The van der Waals surface area contributed by atoms with Gasteiger partial charge >= 0.3 is 0 Å². The Balaban J connectivity index is 0.00000242. The van der Waals surface area contributed by atoms with Crippen LogP contribution in [0.25, 0.3) is 0 Å². The molecule has 0 saturated heterocycles. The highest BCUT2D eigenvalue weighted by atomic mass is 127. The number of hydrogen-bond donors (Lipinski definition) is 2. The molecule has 0 unspecified atom stereocenters. The highest BCUT2D eigenvalue weighted by Gasteiger charge is 2.03. The summed E-state index contributed by atoms with van der Waals surface area (Å²) in [5.41, 5.74) is 8.26. The van der Waals surface area contributed by atoms with Gasteiger partial charge in [-0.05, 0) is 23.1 Å². The average Bonchev–Trinajstić information content (AvgIpc) is 2.97. The predicted molar refractivity (Wildman–Crippen MR) is 101 cm³/mol. The number of nitrogens with two attached hydrogens (primary N) is 1. The van der Waals surface area contributed by atoms with Gasteiger partial charge in [-0.3, -0.25) is 4.68 Å². The van der Waals surface area contributed by atoms with E-state index >= 15 is 0 Å². The Hall–Kier alpha value is -1.57. The molecule has 0 fully saturated rings. The first-order valence-electron chi connectivity index (χ1n) is 7.23. The molecule has 0 aliphatic rings. The normalized spacial score (nSPS) is 11.3. The Labute approximate surface area is 149 Å². The molecule has 120 valence electrons. The maximum absolute atomic E-state index is 5.88. The number of aromatic nitrogens is 2. The Morgan fingerprint density at radius 2 is 2.00 bits per heavy atom. The van der Waals surface area contributed by atoms with Crippen LogP contribution in [0.2, 0.25) is 0 Å².